The monoisotopic (exact) mass is 594 g/mol. The lowest BCUT2D eigenvalue weighted by molar-refractivity contribution is -0.123. The molecule has 0 aromatic heterocycles. The molecule has 3 N–H and O–H groups in total. The molecule has 0 aliphatic carbocycles. The van der Waals surface area contributed by atoms with E-state index in [0.717, 1.165) is 25.7 Å². The maximum absolute atomic E-state index is 12.3. The molecule has 0 aromatic rings. The minimum absolute atomic E-state index is 0.0630. The van der Waals surface area contributed by atoms with Gasteiger partial charge in [-0.25, -0.2) is 0 Å². The third kappa shape index (κ3) is 30.6. The maximum atomic E-state index is 12.3. The van der Waals surface area contributed by atoms with Gasteiger partial charge in [0, 0.05) is 6.42 Å². The van der Waals surface area contributed by atoms with Crippen molar-refractivity contribution in [3.8, 4) is 0 Å². The zero-order valence-corrected chi connectivity index (χ0v) is 28.5. The molecule has 1 amide bonds. The molecule has 0 saturated heterocycles. The summed E-state index contributed by atoms with van der Waals surface area (Å²) in [5, 5.41) is 22.9. The molecule has 0 aliphatic heterocycles. The quantitative estimate of drug-likeness (QED) is 0.0513. The van der Waals surface area contributed by atoms with Crippen LogP contribution in [-0.4, -0.2) is 34.9 Å². The van der Waals surface area contributed by atoms with Gasteiger partial charge in [-0.1, -0.05) is 193 Å². The van der Waals surface area contributed by atoms with Gasteiger partial charge >= 0.3 is 0 Å². The highest BCUT2D eigenvalue weighted by atomic mass is 16.3. The van der Waals surface area contributed by atoms with E-state index in [0.29, 0.717) is 6.42 Å². The van der Waals surface area contributed by atoms with Crippen LogP contribution in [0.25, 0.3) is 0 Å². The topological polar surface area (TPSA) is 69.6 Å². The lowest BCUT2D eigenvalue weighted by Crippen LogP contribution is -2.45. The van der Waals surface area contributed by atoms with E-state index in [9.17, 15) is 15.0 Å². The standard InChI is InChI=1S/C38H75NO3/c1-3-5-7-9-11-13-15-17-18-19-20-22-23-25-27-29-31-33-37(41)36(35-40)39-38(42)34-32-30-28-26-24-21-16-14-12-10-8-6-4-2/h31,33,36-37,40-41H,3-30,32,34-35H2,1-2H3,(H,39,42)/b33-31+. The number of rotatable bonds is 34. The first-order valence-electron chi connectivity index (χ1n) is 18.9. The lowest BCUT2D eigenvalue weighted by atomic mass is 10.0. The second-order valence-electron chi connectivity index (χ2n) is 13.0. The second-order valence-corrected chi connectivity index (χ2v) is 13.0. The first-order valence-corrected chi connectivity index (χ1v) is 18.9. The largest absolute Gasteiger partial charge is 0.394 e. The number of hydrogen-bond acceptors (Lipinski definition) is 3. The Morgan fingerprint density at radius 2 is 0.881 bits per heavy atom. The Morgan fingerprint density at radius 1 is 0.548 bits per heavy atom. The molecule has 2 unspecified atom stereocenters. The molecule has 2 atom stereocenters. The van der Waals surface area contributed by atoms with Crippen LogP contribution >= 0.6 is 0 Å². The van der Waals surface area contributed by atoms with Crippen LogP contribution in [-0.2, 0) is 4.79 Å². The Hall–Kier alpha value is -0.870. The molecule has 250 valence electrons. The molecule has 0 aliphatic rings. The van der Waals surface area contributed by atoms with E-state index in [-0.39, 0.29) is 12.5 Å². The highest BCUT2D eigenvalue weighted by Crippen LogP contribution is 2.15. The number of carbonyl (C=O) groups excluding carboxylic acids is 1. The van der Waals surface area contributed by atoms with E-state index in [1.165, 1.54) is 161 Å². The summed E-state index contributed by atoms with van der Waals surface area (Å²) in [6.07, 6.45) is 41.5. The van der Waals surface area contributed by atoms with E-state index in [4.69, 9.17) is 0 Å². The Kier molecular flexibility index (Phi) is 33.9. The minimum Gasteiger partial charge on any atom is -0.394 e. The molecule has 4 heteroatoms. The molecule has 0 saturated carbocycles. The van der Waals surface area contributed by atoms with E-state index in [1.54, 1.807) is 6.08 Å². The van der Waals surface area contributed by atoms with Crippen molar-refractivity contribution in [2.45, 2.75) is 219 Å². The highest BCUT2D eigenvalue weighted by molar-refractivity contribution is 5.76. The molecule has 42 heavy (non-hydrogen) atoms. The predicted octanol–water partition coefficient (Wildman–Crippen LogP) is 11.1. The SMILES string of the molecule is CCCCCCCCCCCCCCCCC/C=C/C(O)C(CO)NC(=O)CCCCCCCCCCCCCCC. The highest BCUT2D eigenvalue weighted by Gasteiger charge is 2.17. The van der Waals surface area contributed by atoms with E-state index >= 15 is 0 Å². The average molecular weight is 594 g/mol. The van der Waals surface area contributed by atoms with Crippen molar-refractivity contribution < 1.29 is 15.0 Å². The van der Waals surface area contributed by atoms with Crippen molar-refractivity contribution in [2.75, 3.05) is 6.61 Å². The van der Waals surface area contributed by atoms with Crippen LogP contribution in [0.15, 0.2) is 12.2 Å². The number of amides is 1. The van der Waals surface area contributed by atoms with E-state index in [1.807, 2.05) is 6.08 Å². The average Bonchev–Trinajstić information content (AvgIpc) is 2.99. The number of unbranched alkanes of at least 4 members (excludes halogenated alkanes) is 27. The van der Waals surface area contributed by atoms with E-state index in [2.05, 4.69) is 19.2 Å². The van der Waals surface area contributed by atoms with Gasteiger partial charge in [-0.3, -0.25) is 4.79 Å². The van der Waals surface area contributed by atoms with Crippen LogP contribution in [0.4, 0.5) is 0 Å². The molecule has 0 spiro atoms. The Balaban J connectivity index is 3.58. The Morgan fingerprint density at radius 3 is 1.24 bits per heavy atom. The Bertz CT molecular complexity index is 565. The van der Waals surface area contributed by atoms with Gasteiger partial charge in [0.1, 0.15) is 0 Å². The van der Waals surface area contributed by atoms with Gasteiger partial charge in [0.05, 0.1) is 18.8 Å². The van der Waals surface area contributed by atoms with Crippen molar-refractivity contribution in [3.05, 3.63) is 12.2 Å². The van der Waals surface area contributed by atoms with Crippen molar-refractivity contribution in [3.63, 3.8) is 0 Å². The number of allylic oxidation sites excluding steroid dienone is 1. The summed E-state index contributed by atoms with van der Waals surface area (Å²) in [5.74, 6) is -0.0630. The molecule has 0 rings (SSSR count). The smallest absolute Gasteiger partial charge is 0.220 e. The fourth-order valence-corrected chi connectivity index (χ4v) is 5.82. The van der Waals surface area contributed by atoms with Gasteiger partial charge in [0.15, 0.2) is 0 Å². The van der Waals surface area contributed by atoms with Crippen molar-refractivity contribution in [1.29, 1.82) is 0 Å². The minimum atomic E-state index is -0.832. The second kappa shape index (κ2) is 34.6. The lowest BCUT2D eigenvalue weighted by Gasteiger charge is -2.20. The van der Waals surface area contributed by atoms with Gasteiger partial charge in [0.2, 0.25) is 5.91 Å². The maximum Gasteiger partial charge on any atom is 0.220 e. The van der Waals surface area contributed by atoms with Gasteiger partial charge in [-0.2, -0.15) is 0 Å². The zero-order valence-electron chi connectivity index (χ0n) is 28.5. The van der Waals surface area contributed by atoms with E-state index < -0.39 is 12.1 Å². The van der Waals surface area contributed by atoms with Gasteiger partial charge in [-0.05, 0) is 19.3 Å². The molecule has 4 nitrogen and oxygen atoms in total. The molecule has 0 fully saturated rings. The third-order valence-corrected chi connectivity index (χ3v) is 8.77. The summed E-state index contributed by atoms with van der Waals surface area (Å²) >= 11 is 0. The van der Waals surface area contributed by atoms with Crippen molar-refractivity contribution in [2.24, 2.45) is 0 Å². The normalized spacial score (nSPS) is 13.1. The summed E-state index contributed by atoms with van der Waals surface area (Å²) < 4.78 is 0. The number of aliphatic hydroxyl groups excluding tert-OH is 2. The predicted molar refractivity (Wildman–Crippen MR) is 184 cm³/mol. The Labute approximate surface area is 263 Å². The number of carbonyl (C=O) groups is 1. The summed E-state index contributed by atoms with van der Waals surface area (Å²) in [5.41, 5.74) is 0. The number of hydrogen-bond donors (Lipinski definition) is 3. The summed E-state index contributed by atoms with van der Waals surface area (Å²) in [6, 6.07) is -0.614. The van der Waals surface area contributed by atoms with Crippen molar-refractivity contribution >= 4 is 5.91 Å². The summed E-state index contributed by atoms with van der Waals surface area (Å²) in [7, 11) is 0. The fraction of sp³-hybridized carbons (Fsp3) is 0.921. The van der Waals surface area contributed by atoms with Crippen LogP contribution in [0.1, 0.15) is 206 Å². The molecular formula is C38H75NO3. The fourth-order valence-electron chi connectivity index (χ4n) is 5.82. The molecule has 0 heterocycles. The summed E-state index contributed by atoms with van der Waals surface area (Å²) in [6.45, 7) is 4.31. The van der Waals surface area contributed by atoms with Crippen LogP contribution in [0.5, 0.6) is 0 Å². The van der Waals surface area contributed by atoms with Crippen LogP contribution in [0.2, 0.25) is 0 Å². The molecule has 0 bridgehead atoms. The number of aliphatic hydroxyl groups is 2. The zero-order chi connectivity index (χ0) is 30.8. The van der Waals surface area contributed by atoms with Crippen LogP contribution in [0.3, 0.4) is 0 Å². The van der Waals surface area contributed by atoms with Crippen LogP contribution in [0, 0.1) is 0 Å². The van der Waals surface area contributed by atoms with Crippen LogP contribution < -0.4 is 5.32 Å². The van der Waals surface area contributed by atoms with Gasteiger partial charge < -0.3 is 15.5 Å². The first kappa shape index (κ1) is 41.1. The molecular weight excluding hydrogens is 518 g/mol. The van der Waals surface area contributed by atoms with Gasteiger partial charge in [0.25, 0.3) is 0 Å². The first-order chi connectivity index (χ1) is 20.7. The van der Waals surface area contributed by atoms with Crippen molar-refractivity contribution in [1.82, 2.24) is 5.32 Å². The molecule has 0 radical (unpaired) electrons. The van der Waals surface area contributed by atoms with Gasteiger partial charge in [-0.15, -0.1) is 0 Å². The molecule has 0 aromatic carbocycles. The summed E-state index contributed by atoms with van der Waals surface area (Å²) in [4.78, 5) is 12.3. The number of nitrogens with one attached hydrogen (secondary N) is 1. The third-order valence-electron chi connectivity index (χ3n) is 8.77.